The number of nitrogens with zero attached hydrogens (tertiary/aromatic N) is 2. The van der Waals surface area contributed by atoms with E-state index in [-0.39, 0.29) is 30.9 Å². The number of rotatable bonds is 10. The van der Waals surface area contributed by atoms with Crippen molar-refractivity contribution in [3.63, 3.8) is 0 Å². The van der Waals surface area contributed by atoms with Crippen molar-refractivity contribution in [2.45, 2.75) is 117 Å². The zero-order valence-electron chi connectivity index (χ0n) is 30.1. The normalized spacial score (nSPS) is 24.2. The van der Waals surface area contributed by atoms with E-state index in [1.54, 1.807) is 0 Å². The van der Waals surface area contributed by atoms with Crippen LogP contribution < -0.4 is 5.73 Å². The number of carbonyl (C=O) groups is 1. The summed E-state index contributed by atoms with van der Waals surface area (Å²) in [5.74, 6) is -0.0391. The molecule has 1 amide bonds. The molecule has 10 nitrogen and oxygen atoms in total. The molecule has 3 fully saturated rings. The summed E-state index contributed by atoms with van der Waals surface area (Å²) in [7, 11) is 0. The van der Waals surface area contributed by atoms with E-state index in [0.717, 1.165) is 68.7 Å². The summed E-state index contributed by atoms with van der Waals surface area (Å²) in [6, 6.07) is 6.37. The van der Waals surface area contributed by atoms with Crippen LogP contribution in [0, 0.1) is 23.7 Å². The highest BCUT2D eigenvalue weighted by atomic mass is 16.7. The van der Waals surface area contributed by atoms with Crippen LogP contribution in [0.1, 0.15) is 96.3 Å². The summed E-state index contributed by atoms with van der Waals surface area (Å²) in [5, 5.41) is 28.4. The van der Waals surface area contributed by atoms with E-state index in [1.165, 1.54) is 12.8 Å². The van der Waals surface area contributed by atoms with Crippen LogP contribution in [0.4, 0.5) is 4.79 Å². The van der Waals surface area contributed by atoms with Crippen molar-refractivity contribution in [3.8, 4) is 0 Å². The molecule has 0 aromatic heterocycles. The third kappa shape index (κ3) is 10.8. The van der Waals surface area contributed by atoms with Crippen molar-refractivity contribution in [2.75, 3.05) is 39.3 Å². The molecule has 1 spiro atoms. The van der Waals surface area contributed by atoms with Crippen molar-refractivity contribution >= 4 is 18.1 Å². The molecule has 0 radical (unpaired) electrons. The Hall–Kier alpha value is -2.92. The minimum atomic E-state index is -0.811. The fourth-order valence-electron chi connectivity index (χ4n) is 7.09. The van der Waals surface area contributed by atoms with Gasteiger partial charge in [0.1, 0.15) is 5.60 Å². The largest absolute Gasteiger partial charge is 0.448 e. The van der Waals surface area contributed by atoms with Crippen LogP contribution in [0.25, 0.3) is 6.08 Å². The second-order valence-electron chi connectivity index (χ2n) is 15.4. The minimum absolute atomic E-state index is 0.0225. The van der Waals surface area contributed by atoms with E-state index in [2.05, 4.69) is 42.2 Å². The Labute approximate surface area is 287 Å². The van der Waals surface area contributed by atoms with Crippen LogP contribution in [-0.4, -0.2) is 95.4 Å². The van der Waals surface area contributed by atoms with E-state index in [0.29, 0.717) is 29.5 Å². The van der Waals surface area contributed by atoms with Gasteiger partial charge in [-0.15, -0.1) is 0 Å². The Balaban J connectivity index is 1.29. The van der Waals surface area contributed by atoms with Gasteiger partial charge in [0.15, 0.2) is 0 Å². The van der Waals surface area contributed by atoms with E-state index < -0.39 is 24.1 Å². The standard InChI is InChI=1S/C38H60N4O6/c1-26(2)34(39)32(35(40)47-33-23-30(44)22-31(24-43)46-33)21-29-12-11-28(20-27(29)3)10-7-8-16-41-17-9-13-38(25-41)14-18-42(19-15-38)36(45)48-37(4,5)6/h7,10-12,20,26,30-31,33,40,43-44H,8-9,13-19,21-25,39H2,1-6H3/b10-7+,34-32-,40-35?. The maximum atomic E-state index is 12.5. The maximum absolute atomic E-state index is 12.5. The van der Waals surface area contributed by atoms with Gasteiger partial charge in [0.25, 0.3) is 0 Å². The average molecular weight is 669 g/mol. The topological polar surface area (TPSA) is 142 Å². The van der Waals surface area contributed by atoms with E-state index in [9.17, 15) is 15.0 Å². The highest BCUT2D eigenvalue weighted by Crippen LogP contribution is 2.40. The first kappa shape index (κ1) is 37.9. The Bertz CT molecular complexity index is 1310. The molecular weight excluding hydrogens is 608 g/mol. The summed E-state index contributed by atoms with van der Waals surface area (Å²) in [6.45, 7) is 16.4. The molecule has 1 aromatic rings. The first-order valence-corrected chi connectivity index (χ1v) is 17.8. The second kappa shape index (κ2) is 16.7. The fraction of sp³-hybridized carbons (Fsp3) is 0.684. The smallest absolute Gasteiger partial charge is 0.410 e. The van der Waals surface area contributed by atoms with Gasteiger partial charge in [-0.1, -0.05) is 44.2 Å². The highest BCUT2D eigenvalue weighted by molar-refractivity contribution is 5.92. The zero-order chi connectivity index (χ0) is 35.1. The highest BCUT2D eigenvalue weighted by Gasteiger charge is 2.40. The molecular formula is C38H60N4O6. The van der Waals surface area contributed by atoms with Gasteiger partial charge in [0.2, 0.25) is 12.2 Å². The number of nitrogens with one attached hydrogen (secondary N) is 1. The number of amides is 1. The predicted octanol–water partition coefficient (Wildman–Crippen LogP) is 5.77. The summed E-state index contributed by atoms with van der Waals surface area (Å²) >= 11 is 0. The molecule has 5 N–H and O–H groups in total. The predicted molar refractivity (Wildman–Crippen MR) is 190 cm³/mol. The van der Waals surface area contributed by atoms with Gasteiger partial charge >= 0.3 is 6.09 Å². The molecule has 0 saturated carbocycles. The van der Waals surface area contributed by atoms with Gasteiger partial charge in [-0.2, -0.15) is 0 Å². The zero-order valence-corrected chi connectivity index (χ0v) is 30.1. The Morgan fingerprint density at radius 2 is 1.92 bits per heavy atom. The van der Waals surface area contributed by atoms with Crippen LogP contribution in [0.3, 0.4) is 0 Å². The number of likely N-dealkylation sites (tertiary alicyclic amines) is 2. The average Bonchev–Trinajstić information content (AvgIpc) is 3.01. The number of nitrogens with two attached hydrogens (primary N) is 1. The molecule has 4 rings (SSSR count). The Morgan fingerprint density at radius 3 is 2.56 bits per heavy atom. The number of aliphatic hydroxyl groups excluding tert-OH is 2. The third-order valence-corrected chi connectivity index (χ3v) is 9.91. The number of allylic oxidation sites excluding steroid dienone is 1. The first-order valence-electron chi connectivity index (χ1n) is 17.8. The number of benzene rings is 1. The molecule has 3 aliphatic heterocycles. The minimum Gasteiger partial charge on any atom is -0.448 e. The first-order chi connectivity index (χ1) is 22.7. The van der Waals surface area contributed by atoms with Gasteiger partial charge in [0.05, 0.1) is 18.8 Å². The molecule has 48 heavy (non-hydrogen) atoms. The summed E-state index contributed by atoms with van der Waals surface area (Å²) in [6.07, 6.45) is 8.79. The number of aryl methyl sites for hydroxylation is 1. The summed E-state index contributed by atoms with van der Waals surface area (Å²) in [5.41, 5.74) is 10.8. The Morgan fingerprint density at radius 1 is 1.19 bits per heavy atom. The number of hydrogen-bond donors (Lipinski definition) is 4. The quantitative estimate of drug-likeness (QED) is 0.182. The lowest BCUT2D eigenvalue weighted by Crippen LogP contribution is -2.51. The molecule has 0 bridgehead atoms. The molecule has 1 aromatic carbocycles. The fourth-order valence-corrected chi connectivity index (χ4v) is 7.09. The van der Waals surface area contributed by atoms with Gasteiger partial charge < -0.3 is 40.0 Å². The van der Waals surface area contributed by atoms with Crippen molar-refractivity contribution < 1.29 is 29.2 Å². The van der Waals surface area contributed by atoms with Crippen molar-refractivity contribution in [2.24, 2.45) is 17.1 Å². The Kier molecular flexibility index (Phi) is 13.1. The summed E-state index contributed by atoms with van der Waals surface area (Å²) in [4.78, 5) is 17.0. The molecule has 0 aliphatic carbocycles. The number of aliphatic hydroxyl groups is 2. The maximum Gasteiger partial charge on any atom is 0.410 e. The van der Waals surface area contributed by atoms with Crippen LogP contribution in [0.15, 0.2) is 35.5 Å². The van der Waals surface area contributed by atoms with E-state index in [1.807, 2.05) is 39.5 Å². The molecule has 3 unspecified atom stereocenters. The SMILES string of the molecule is Cc1cc(/C=C/CCN2CCCC3(CCN(C(=O)OC(C)(C)C)CC3)C2)ccc1C/C(C(=N)OC1CC(O)CC(CO)O1)=C(/N)C(C)C. The monoisotopic (exact) mass is 668 g/mol. The molecule has 268 valence electrons. The van der Waals surface area contributed by atoms with E-state index >= 15 is 0 Å². The van der Waals surface area contributed by atoms with Gasteiger partial charge in [0, 0.05) is 56.7 Å². The molecule has 3 atom stereocenters. The lowest BCUT2D eigenvalue weighted by molar-refractivity contribution is -0.190. The van der Waals surface area contributed by atoms with Crippen LogP contribution >= 0.6 is 0 Å². The molecule has 3 saturated heterocycles. The van der Waals surface area contributed by atoms with Gasteiger partial charge in [-0.25, -0.2) is 4.79 Å². The lowest BCUT2D eigenvalue weighted by Gasteiger charge is -2.47. The molecule has 3 heterocycles. The number of hydrogen-bond acceptors (Lipinski definition) is 9. The lowest BCUT2D eigenvalue weighted by atomic mass is 9.72. The van der Waals surface area contributed by atoms with Gasteiger partial charge in [-0.3, -0.25) is 5.41 Å². The molecule has 3 aliphatic rings. The van der Waals surface area contributed by atoms with Crippen molar-refractivity contribution in [1.29, 1.82) is 5.41 Å². The number of piperidine rings is 2. The number of carbonyl (C=O) groups excluding carboxylic acids is 1. The van der Waals surface area contributed by atoms with Crippen LogP contribution in [0.5, 0.6) is 0 Å². The van der Waals surface area contributed by atoms with Gasteiger partial charge in [-0.05, 0) is 94.4 Å². The number of ether oxygens (including phenoxy) is 3. The summed E-state index contributed by atoms with van der Waals surface area (Å²) < 4.78 is 17.2. The van der Waals surface area contributed by atoms with Crippen molar-refractivity contribution in [3.05, 3.63) is 52.2 Å². The van der Waals surface area contributed by atoms with Crippen molar-refractivity contribution in [1.82, 2.24) is 9.80 Å². The van der Waals surface area contributed by atoms with Crippen LogP contribution in [-0.2, 0) is 20.6 Å². The third-order valence-electron chi connectivity index (χ3n) is 9.91. The molecule has 10 heteroatoms. The van der Waals surface area contributed by atoms with E-state index in [4.69, 9.17) is 25.4 Å². The second-order valence-corrected chi connectivity index (χ2v) is 15.4. The van der Waals surface area contributed by atoms with Crippen LogP contribution in [0.2, 0.25) is 0 Å².